The molecule has 0 unspecified atom stereocenters. The number of hydrogen-bond donors (Lipinski definition) is 1. The van der Waals surface area contributed by atoms with Crippen molar-refractivity contribution in [2.45, 2.75) is 58.1 Å². The van der Waals surface area contributed by atoms with Gasteiger partial charge in [0.2, 0.25) is 5.91 Å². The van der Waals surface area contributed by atoms with E-state index in [0.29, 0.717) is 43.5 Å². The van der Waals surface area contributed by atoms with Gasteiger partial charge in [0.1, 0.15) is 5.60 Å². The van der Waals surface area contributed by atoms with Gasteiger partial charge in [-0.3, -0.25) is 19.3 Å². The van der Waals surface area contributed by atoms with E-state index in [0.717, 1.165) is 0 Å². The Morgan fingerprint density at radius 2 is 1.63 bits per heavy atom. The van der Waals surface area contributed by atoms with Crippen LogP contribution in [0.4, 0.5) is 4.79 Å². The van der Waals surface area contributed by atoms with E-state index in [1.165, 1.54) is 4.90 Å². The molecular weight excluding hydrogens is 386 g/mol. The molecule has 1 aromatic rings. The van der Waals surface area contributed by atoms with Crippen LogP contribution in [0.1, 0.15) is 67.2 Å². The Balaban J connectivity index is 1.38. The van der Waals surface area contributed by atoms with Gasteiger partial charge in [0, 0.05) is 32.1 Å². The summed E-state index contributed by atoms with van der Waals surface area (Å²) < 4.78 is 5.38. The smallest absolute Gasteiger partial charge is 0.410 e. The fourth-order valence-electron chi connectivity index (χ4n) is 3.67. The number of amides is 4. The molecule has 1 saturated heterocycles. The molecular formula is C22H29N3O5. The van der Waals surface area contributed by atoms with Crippen LogP contribution < -0.4 is 5.32 Å². The molecule has 0 aromatic heterocycles. The SMILES string of the molecule is CC(C)(C)OC(=O)N1CCC(NC(=O)CCCN2C(=O)c3ccccc3C2=O)CC1. The van der Waals surface area contributed by atoms with Crippen molar-refractivity contribution < 1.29 is 23.9 Å². The molecule has 1 aromatic carbocycles. The summed E-state index contributed by atoms with van der Waals surface area (Å²) in [7, 11) is 0. The molecule has 162 valence electrons. The van der Waals surface area contributed by atoms with E-state index in [1.54, 1.807) is 29.2 Å². The molecule has 8 nitrogen and oxygen atoms in total. The van der Waals surface area contributed by atoms with Crippen LogP contribution in [0, 0.1) is 0 Å². The largest absolute Gasteiger partial charge is 0.444 e. The molecule has 3 rings (SSSR count). The van der Waals surface area contributed by atoms with Gasteiger partial charge in [-0.05, 0) is 52.2 Å². The van der Waals surface area contributed by atoms with Gasteiger partial charge in [-0.15, -0.1) is 0 Å². The summed E-state index contributed by atoms with van der Waals surface area (Å²) in [6.45, 7) is 6.79. The zero-order valence-corrected chi connectivity index (χ0v) is 17.8. The van der Waals surface area contributed by atoms with Crippen molar-refractivity contribution in [3.8, 4) is 0 Å². The standard InChI is InChI=1S/C22H29N3O5/c1-22(2,3)30-21(29)24-13-10-15(11-14-24)23-18(26)9-6-12-25-19(27)16-7-4-5-8-17(16)20(25)28/h4-5,7-8,15H,6,9-14H2,1-3H3,(H,23,26). The Hall–Kier alpha value is -2.90. The first-order chi connectivity index (χ1) is 14.2. The van der Waals surface area contributed by atoms with Crippen LogP contribution in [0.5, 0.6) is 0 Å². The van der Waals surface area contributed by atoms with Crippen LogP contribution in [-0.4, -0.2) is 64.9 Å². The summed E-state index contributed by atoms with van der Waals surface area (Å²) in [5.74, 6) is -0.710. The Morgan fingerprint density at radius 1 is 1.07 bits per heavy atom. The quantitative estimate of drug-likeness (QED) is 0.746. The van der Waals surface area contributed by atoms with Crippen LogP contribution in [0.2, 0.25) is 0 Å². The van der Waals surface area contributed by atoms with Gasteiger partial charge in [0.25, 0.3) is 11.8 Å². The molecule has 0 bridgehead atoms. The highest BCUT2D eigenvalue weighted by atomic mass is 16.6. The predicted molar refractivity (Wildman–Crippen MR) is 110 cm³/mol. The number of imide groups is 1. The first-order valence-corrected chi connectivity index (χ1v) is 10.4. The molecule has 0 radical (unpaired) electrons. The summed E-state index contributed by atoms with van der Waals surface area (Å²) >= 11 is 0. The minimum atomic E-state index is -0.526. The monoisotopic (exact) mass is 415 g/mol. The first-order valence-electron chi connectivity index (χ1n) is 10.4. The molecule has 8 heteroatoms. The molecule has 0 aliphatic carbocycles. The second-order valence-electron chi connectivity index (χ2n) is 8.72. The minimum absolute atomic E-state index is 0.00971. The first kappa shape index (κ1) is 21.8. The second-order valence-corrected chi connectivity index (χ2v) is 8.72. The molecule has 0 spiro atoms. The maximum absolute atomic E-state index is 12.3. The average Bonchev–Trinajstić information content (AvgIpc) is 2.92. The van der Waals surface area contributed by atoms with Crippen LogP contribution in [0.25, 0.3) is 0 Å². The molecule has 1 N–H and O–H groups in total. The van der Waals surface area contributed by atoms with Gasteiger partial charge in [-0.2, -0.15) is 0 Å². The Morgan fingerprint density at radius 3 is 2.17 bits per heavy atom. The number of likely N-dealkylation sites (tertiary alicyclic amines) is 1. The highest BCUT2D eigenvalue weighted by molar-refractivity contribution is 6.21. The van der Waals surface area contributed by atoms with E-state index < -0.39 is 5.60 Å². The number of hydrogen-bond acceptors (Lipinski definition) is 5. The van der Waals surface area contributed by atoms with E-state index in [2.05, 4.69) is 5.32 Å². The highest BCUT2D eigenvalue weighted by Crippen LogP contribution is 2.22. The van der Waals surface area contributed by atoms with Gasteiger partial charge in [-0.25, -0.2) is 4.79 Å². The second kappa shape index (κ2) is 8.85. The molecule has 2 heterocycles. The summed E-state index contributed by atoms with van der Waals surface area (Å²) in [6, 6.07) is 6.76. The molecule has 2 aliphatic heterocycles. The summed E-state index contributed by atoms with van der Waals surface area (Å²) in [5.41, 5.74) is 0.314. The minimum Gasteiger partial charge on any atom is -0.444 e. The number of carbonyl (C=O) groups excluding carboxylic acids is 4. The van der Waals surface area contributed by atoms with Crippen LogP contribution in [0.15, 0.2) is 24.3 Å². The van der Waals surface area contributed by atoms with Gasteiger partial charge in [-0.1, -0.05) is 12.1 Å². The number of nitrogens with one attached hydrogen (secondary N) is 1. The van der Waals surface area contributed by atoms with E-state index in [1.807, 2.05) is 20.8 Å². The lowest BCUT2D eigenvalue weighted by atomic mass is 10.1. The normalized spacial score (nSPS) is 17.2. The molecule has 0 atom stereocenters. The van der Waals surface area contributed by atoms with E-state index in [4.69, 9.17) is 4.74 Å². The molecule has 0 saturated carbocycles. The predicted octanol–water partition coefficient (Wildman–Crippen LogP) is 2.58. The lowest BCUT2D eigenvalue weighted by molar-refractivity contribution is -0.122. The zero-order chi connectivity index (χ0) is 21.9. The third-order valence-electron chi connectivity index (χ3n) is 5.18. The number of carbonyl (C=O) groups is 4. The zero-order valence-electron chi connectivity index (χ0n) is 17.8. The van der Waals surface area contributed by atoms with Gasteiger partial charge in [0.15, 0.2) is 0 Å². The van der Waals surface area contributed by atoms with E-state index in [-0.39, 0.29) is 42.8 Å². The third kappa shape index (κ3) is 5.17. The average molecular weight is 415 g/mol. The molecule has 4 amide bonds. The topological polar surface area (TPSA) is 96.0 Å². The Bertz CT molecular complexity index is 802. The lowest BCUT2D eigenvalue weighted by Gasteiger charge is -2.33. The number of ether oxygens (including phenoxy) is 1. The lowest BCUT2D eigenvalue weighted by Crippen LogP contribution is -2.47. The van der Waals surface area contributed by atoms with Gasteiger partial charge < -0.3 is 15.0 Å². The number of rotatable bonds is 5. The number of nitrogens with zero attached hydrogens (tertiary/aromatic N) is 2. The molecule has 1 fully saturated rings. The van der Waals surface area contributed by atoms with Crippen LogP contribution >= 0.6 is 0 Å². The van der Waals surface area contributed by atoms with Gasteiger partial charge in [0.05, 0.1) is 11.1 Å². The maximum Gasteiger partial charge on any atom is 0.410 e. The fraction of sp³-hybridized carbons (Fsp3) is 0.545. The van der Waals surface area contributed by atoms with E-state index >= 15 is 0 Å². The third-order valence-corrected chi connectivity index (χ3v) is 5.18. The van der Waals surface area contributed by atoms with Crippen LogP contribution in [-0.2, 0) is 9.53 Å². The molecule has 30 heavy (non-hydrogen) atoms. The number of fused-ring (bicyclic) bond motifs is 1. The maximum atomic E-state index is 12.3. The van der Waals surface area contributed by atoms with Crippen molar-refractivity contribution >= 4 is 23.8 Å². The fourth-order valence-corrected chi connectivity index (χ4v) is 3.67. The molecule has 2 aliphatic rings. The van der Waals surface area contributed by atoms with E-state index in [9.17, 15) is 19.2 Å². The van der Waals surface area contributed by atoms with Crippen molar-refractivity contribution in [3.63, 3.8) is 0 Å². The Labute approximate surface area is 176 Å². The Kier molecular flexibility index (Phi) is 6.43. The highest BCUT2D eigenvalue weighted by Gasteiger charge is 2.34. The summed E-state index contributed by atoms with van der Waals surface area (Å²) in [5, 5.41) is 2.99. The van der Waals surface area contributed by atoms with Gasteiger partial charge >= 0.3 is 6.09 Å². The van der Waals surface area contributed by atoms with Crippen molar-refractivity contribution in [1.82, 2.24) is 15.1 Å². The number of piperidine rings is 1. The van der Waals surface area contributed by atoms with Crippen molar-refractivity contribution in [3.05, 3.63) is 35.4 Å². The van der Waals surface area contributed by atoms with Crippen LogP contribution in [0.3, 0.4) is 0 Å². The number of benzene rings is 1. The van der Waals surface area contributed by atoms with Crippen molar-refractivity contribution in [2.75, 3.05) is 19.6 Å². The summed E-state index contributed by atoms with van der Waals surface area (Å²) in [6.07, 6.45) is 1.66. The van der Waals surface area contributed by atoms with Crippen molar-refractivity contribution in [1.29, 1.82) is 0 Å². The van der Waals surface area contributed by atoms with Crippen molar-refractivity contribution in [2.24, 2.45) is 0 Å². The summed E-state index contributed by atoms with van der Waals surface area (Å²) in [4.78, 5) is 51.9.